The molecule has 0 radical (unpaired) electrons. The zero-order chi connectivity index (χ0) is 14.5. The first-order valence-electron chi connectivity index (χ1n) is 6.20. The van der Waals surface area contributed by atoms with Crippen LogP contribution in [0.3, 0.4) is 0 Å². The van der Waals surface area contributed by atoms with E-state index >= 15 is 0 Å². The van der Waals surface area contributed by atoms with Crippen molar-refractivity contribution in [2.24, 2.45) is 0 Å². The highest BCUT2D eigenvalue weighted by Crippen LogP contribution is 2.32. The van der Waals surface area contributed by atoms with E-state index in [0.29, 0.717) is 16.3 Å². The number of thiophene rings is 1. The SMILES string of the molecule is CCc1c(C)sc(NC(=O)/C=C/c2ccco2)c1C#N. The molecule has 0 fully saturated rings. The number of nitrogens with zero attached hydrogens (tertiary/aromatic N) is 1. The summed E-state index contributed by atoms with van der Waals surface area (Å²) in [5.41, 5.74) is 1.57. The van der Waals surface area contributed by atoms with Crippen LogP contribution in [0.25, 0.3) is 6.08 Å². The van der Waals surface area contributed by atoms with Crippen LogP contribution in [-0.2, 0) is 11.2 Å². The van der Waals surface area contributed by atoms with Crippen LogP contribution in [-0.4, -0.2) is 5.91 Å². The Bertz CT molecular complexity index is 676. The van der Waals surface area contributed by atoms with Gasteiger partial charge in [0.1, 0.15) is 16.8 Å². The normalized spacial score (nSPS) is 10.7. The molecule has 0 spiro atoms. The van der Waals surface area contributed by atoms with Crippen molar-refractivity contribution in [3.8, 4) is 6.07 Å². The number of hydrogen-bond donors (Lipinski definition) is 1. The molecule has 0 aliphatic carbocycles. The van der Waals surface area contributed by atoms with Crippen LogP contribution in [0.4, 0.5) is 5.00 Å². The van der Waals surface area contributed by atoms with Gasteiger partial charge in [-0.05, 0) is 37.1 Å². The van der Waals surface area contributed by atoms with Gasteiger partial charge in [0.05, 0.1) is 11.8 Å². The molecular formula is C15H14N2O2S. The Morgan fingerprint density at radius 3 is 3.00 bits per heavy atom. The molecule has 2 aromatic rings. The predicted molar refractivity (Wildman–Crippen MR) is 79.5 cm³/mol. The Kier molecular flexibility index (Phi) is 4.38. The van der Waals surface area contributed by atoms with Gasteiger partial charge in [0.2, 0.25) is 5.91 Å². The number of carbonyl (C=O) groups is 1. The molecule has 0 aliphatic rings. The van der Waals surface area contributed by atoms with Crippen molar-refractivity contribution in [2.45, 2.75) is 20.3 Å². The van der Waals surface area contributed by atoms with E-state index in [9.17, 15) is 10.1 Å². The van der Waals surface area contributed by atoms with Gasteiger partial charge in [-0.2, -0.15) is 5.26 Å². The van der Waals surface area contributed by atoms with E-state index in [2.05, 4.69) is 11.4 Å². The summed E-state index contributed by atoms with van der Waals surface area (Å²) in [5.74, 6) is 0.332. The summed E-state index contributed by atoms with van der Waals surface area (Å²) in [6.07, 6.45) is 5.30. The fourth-order valence-corrected chi connectivity index (χ4v) is 3.01. The van der Waals surface area contributed by atoms with Crippen LogP contribution in [0, 0.1) is 18.3 Å². The van der Waals surface area contributed by atoms with Gasteiger partial charge in [-0.15, -0.1) is 11.3 Å². The van der Waals surface area contributed by atoms with E-state index in [0.717, 1.165) is 16.9 Å². The molecule has 2 aromatic heterocycles. The lowest BCUT2D eigenvalue weighted by Gasteiger charge is -1.99. The summed E-state index contributed by atoms with van der Waals surface area (Å²) in [4.78, 5) is 12.9. The molecule has 0 saturated heterocycles. The van der Waals surface area contributed by atoms with Crippen molar-refractivity contribution in [1.82, 2.24) is 0 Å². The van der Waals surface area contributed by atoms with Crippen LogP contribution in [0.15, 0.2) is 28.9 Å². The molecule has 1 amide bonds. The monoisotopic (exact) mass is 286 g/mol. The summed E-state index contributed by atoms with van der Waals surface area (Å²) >= 11 is 1.43. The average Bonchev–Trinajstić information content (AvgIpc) is 3.03. The molecule has 5 heteroatoms. The first kappa shape index (κ1) is 14.1. The number of carbonyl (C=O) groups excluding carboxylic acids is 1. The van der Waals surface area contributed by atoms with Crippen LogP contribution in [0.1, 0.15) is 28.7 Å². The Labute approximate surface area is 121 Å². The van der Waals surface area contributed by atoms with Crippen molar-refractivity contribution in [1.29, 1.82) is 5.26 Å². The molecule has 102 valence electrons. The van der Waals surface area contributed by atoms with E-state index in [4.69, 9.17) is 4.42 Å². The van der Waals surface area contributed by atoms with Crippen molar-refractivity contribution >= 4 is 28.3 Å². The smallest absolute Gasteiger partial charge is 0.249 e. The maximum Gasteiger partial charge on any atom is 0.249 e. The Balaban J connectivity index is 2.14. The maximum atomic E-state index is 11.8. The molecule has 4 nitrogen and oxygen atoms in total. The van der Waals surface area contributed by atoms with Crippen molar-refractivity contribution < 1.29 is 9.21 Å². The van der Waals surface area contributed by atoms with Gasteiger partial charge >= 0.3 is 0 Å². The molecular weight excluding hydrogens is 272 g/mol. The highest BCUT2D eigenvalue weighted by Gasteiger charge is 2.15. The Hall–Kier alpha value is -2.32. The minimum atomic E-state index is -0.276. The highest BCUT2D eigenvalue weighted by molar-refractivity contribution is 7.16. The molecule has 0 aromatic carbocycles. The van der Waals surface area contributed by atoms with E-state index in [-0.39, 0.29) is 5.91 Å². The second kappa shape index (κ2) is 6.22. The summed E-state index contributed by atoms with van der Waals surface area (Å²) in [5, 5.41) is 12.6. The maximum absolute atomic E-state index is 11.8. The third-order valence-electron chi connectivity index (χ3n) is 2.85. The average molecular weight is 286 g/mol. The number of anilines is 1. The largest absolute Gasteiger partial charge is 0.465 e. The quantitative estimate of drug-likeness (QED) is 0.871. The summed E-state index contributed by atoms with van der Waals surface area (Å²) in [6.45, 7) is 3.96. The van der Waals surface area contributed by atoms with Gasteiger partial charge in [-0.3, -0.25) is 4.79 Å². The lowest BCUT2D eigenvalue weighted by molar-refractivity contribution is -0.111. The number of rotatable bonds is 4. The van der Waals surface area contributed by atoms with Gasteiger partial charge in [0.25, 0.3) is 0 Å². The third-order valence-corrected chi connectivity index (χ3v) is 3.92. The van der Waals surface area contributed by atoms with Crippen LogP contribution in [0.2, 0.25) is 0 Å². The molecule has 20 heavy (non-hydrogen) atoms. The van der Waals surface area contributed by atoms with Crippen LogP contribution in [0.5, 0.6) is 0 Å². The van der Waals surface area contributed by atoms with Crippen molar-refractivity contribution in [3.05, 3.63) is 46.2 Å². The molecule has 0 atom stereocenters. The zero-order valence-corrected chi connectivity index (χ0v) is 12.1. The van der Waals surface area contributed by atoms with Gasteiger partial charge in [-0.25, -0.2) is 0 Å². The van der Waals surface area contributed by atoms with Crippen LogP contribution < -0.4 is 5.32 Å². The lowest BCUT2D eigenvalue weighted by Crippen LogP contribution is -2.07. The molecule has 2 rings (SSSR count). The fraction of sp³-hybridized carbons (Fsp3) is 0.200. The molecule has 0 saturated carbocycles. The second-order valence-electron chi connectivity index (χ2n) is 4.14. The summed E-state index contributed by atoms with van der Waals surface area (Å²) in [7, 11) is 0. The Morgan fingerprint density at radius 1 is 1.60 bits per heavy atom. The zero-order valence-electron chi connectivity index (χ0n) is 11.3. The standard InChI is InChI=1S/C15H14N2O2S/c1-3-12-10(2)20-15(13(12)9-16)17-14(18)7-6-11-5-4-8-19-11/h4-8H,3H2,1-2H3,(H,17,18)/b7-6+. The number of nitriles is 1. The van der Waals surface area contributed by atoms with E-state index < -0.39 is 0 Å². The van der Waals surface area contributed by atoms with E-state index in [1.807, 2.05) is 13.8 Å². The van der Waals surface area contributed by atoms with Crippen LogP contribution >= 0.6 is 11.3 Å². The third kappa shape index (κ3) is 2.98. The van der Waals surface area contributed by atoms with E-state index in [1.54, 1.807) is 24.5 Å². The first-order valence-corrected chi connectivity index (χ1v) is 7.02. The predicted octanol–water partition coefficient (Wildman–Crippen LogP) is 3.74. The van der Waals surface area contributed by atoms with Gasteiger partial charge in [-0.1, -0.05) is 6.92 Å². The van der Waals surface area contributed by atoms with Crippen molar-refractivity contribution in [2.75, 3.05) is 5.32 Å². The number of furan rings is 1. The fourth-order valence-electron chi connectivity index (χ4n) is 1.91. The number of nitrogens with one attached hydrogen (secondary N) is 1. The molecule has 2 heterocycles. The number of aryl methyl sites for hydroxylation is 1. The summed E-state index contributed by atoms with van der Waals surface area (Å²) < 4.78 is 5.10. The van der Waals surface area contributed by atoms with Gasteiger partial charge in [0.15, 0.2) is 0 Å². The minimum Gasteiger partial charge on any atom is -0.465 e. The number of amides is 1. The molecule has 0 unspecified atom stereocenters. The van der Waals surface area contributed by atoms with Gasteiger partial charge in [0, 0.05) is 11.0 Å². The highest BCUT2D eigenvalue weighted by atomic mass is 32.1. The topological polar surface area (TPSA) is 66.0 Å². The molecule has 0 aliphatic heterocycles. The Morgan fingerprint density at radius 2 is 2.40 bits per heavy atom. The number of hydrogen-bond acceptors (Lipinski definition) is 4. The summed E-state index contributed by atoms with van der Waals surface area (Å²) in [6, 6.07) is 5.67. The first-order chi connectivity index (χ1) is 9.65. The van der Waals surface area contributed by atoms with E-state index in [1.165, 1.54) is 17.4 Å². The second-order valence-corrected chi connectivity index (χ2v) is 5.37. The lowest BCUT2D eigenvalue weighted by atomic mass is 10.1. The molecule has 0 bridgehead atoms. The van der Waals surface area contributed by atoms with Gasteiger partial charge < -0.3 is 9.73 Å². The van der Waals surface area contributed by atoms with Crippen molar-refractivity contribution in [3.63, 3.8) is 0 Å². The molecule has 1 N–H and O–H groups in total. The minimum absolute atomic E-state index is 0.276.